The van der Waals surface area contributed by atoms with Crippen LogP contribution in [-0.2, 0) is 14.4 Å². The average molecular weight is 511 g/mol. The molecule has 190 valence electrons. The molecular formula is C26H19F2NO8. The van der Waals surface area contributed by atoms with Gasteiger partial charge in [-0.15, -0.1) is 0 Å². The molecule has 2 aromatic rings. The van der Waals surface area contributed by atoms with E-state index in [2.05, 4.69) is 0 Å². The van der Waals surface area contributed by atoms with Crippen molar-refractivity contribution in [1.29, 1.82) is 0 Å². The third-order valence-electron chi connectivity index (χ3n) is 7.11. The SMILES string of the molecule is NC(=O)C1=C(O)C2(O)C(=O)C3=C(O)c4c(O)cccc4/C(=C\c4cc(F)cc(F)c4)C3C(O)C2CC1=O. The Labute approximate surface area is 207 Å². The van der Waals surface area contributed by atoms with Gasteiger partial charge in [0.15, 0.2) is 11.4 Å². The van der Waals surface area contributed by atoms with E-state index < -0.39 is 87.5 Å². The molecule has 1 amide bonds. The van der Waals surface area contributed by atoms with Gasteiger partial charge < -0.3 is 31.3 Å². The lowest BCUT2D eigenvalue weighted by atomic mass is 9.56. The molecule has 0 heterocycles. The molecule has 9 nitrogen and oxygen atoms in total. The first kappa shape index (κ1) is 24.3. The van der Waals surface area contributed by atoms with Gasteiger partial charge in [0.25, 0.3) is 5.91 Å². The lowest BCUT2D eigenvalue weighted by Crippen LogP contribution is -2.63. The molecule has 7 N–H and O–H groups in total. The number of carbonyl (C=O) groups excluding carboxylic acids is 3. The van der Waals surface area contributed by atoms with Crippen molar-refractivity contribution in [2.75, 3.05) is 0 Å². The standard InChI is InChI=1S/C26H19F2NO8/c27-10-4-9(5-11(28)7-10)6-13-12-2-1-3-15(30)17(12)22(33)20-18(13)21(32)14-8-16(31)19(25(29)36)23(34)26(14,37)24(20)35/h1-7,14,18,21,30,32-34,37H,8H2,(H2,29,36)/b13-6+. The summed E-state index contributed by atoms with van der Waals surface area (Å²) in [6.07, 6.45) is -1.36. The van der Waals surface area contributed by atoms with Gasteiger partial charge in [-0.1, -0.05) is 18.2 Å². The molecule has 37 heavy (non-hydrogen) atoms. The van der Waals surface area contributed by atoms with E-state index in [1.807, 2.05) is 0 Å². The van der Waals surface area contributed by atoms with Crippen LogP contribution in [0, 0.1) is 23.5 Å². The van der Waals surface area contributed by atoms with Crippen molar-refractivity contribution in [2.24, 2.45) is 17.6 Å². The Kier molecular flexibility index (Phi) is 5.32. The number of primary amides is 1. The second kappa shape index (κ2) is 8.08. The number of amides is 1. The highest BCUT2D eigenvalue weighted by Crippen LogP contribution is 2.55. The predicted molar refractivity (Wildman–Crippen MR) is 123 cm³/mol. The van der Waals surface area contributed by atoms with Crippen LogP contribution in [-0.4, -0.2) is 54.7 Å². The van der Waals surface area contributed by atoms with Crippen molar-refractivity contribution in [1.82, 2.24) is 0 Å². The number of carbonyl (C=O) groups is 3. The van der Waals surface area contributed by atoms with Crippen LogP contribution in [0.25, 0.3) is 17.4 Å². The highest BCUT2D eigenvalue weighted by Gasteiger charge is 2.64. The first-order chi connectivity index (χ1) is 17.4. The number of rotatable bonds is 2. The fourth-order valence-corrected chi connectivity index (χ4v) is 5.53. The summed E-state index contributed by atoms with van der Waals surface area (Å²) in [6, 6.07) is 6.60. The first-order valence-electron chi connectivity index (χ1n) is 11.0. The van der Waals surface area contributed by atoms with Gasteiger partial charge in [-0.2, -0.15) is 0 Å². The number of aromatic hydroxyl groups is 1. The molecule has 1 saturated carbocycles. The predicted octanol–water partition coefficient (Wildman–Crippen LogP) is 1.67. The first-order valence-corrected chi connectivity index (χ1v) is 11.0. The van der Waals surface area contributed by atoms with Crippen molar-refractivity contribution in [3.63, 3.8) is 0 Å². The number of phenols is 1. The molecule has 0 radical (unpaired) electrons. The molecule has 4 unspecified atom stereocenters. The minimum Gasteiger partial charge on any atom is -0.508 e. The van der Waals surface area contributed by atoms with E-state index in [0.29, 0.717) is 6.07 Å². The molecule has 0 bridgehead atoms. The number of ketones is 2. The summed E-state index contributed by atoms with van der Waals surface area (Å²) in [5.41, 5.74) is 0.331. The largest absolute Gasteiger partial charge is 0.508 e. The number of Topliss-reactive ketones (excluding diaryl/α,β-unsaturated/α-hetero) is 2. The number of hydrogen-bond donors (Lipinski definition) is 6. The smallest absolute Gasteiger partial charge is 0.255 e. The zero-order chi connectivity index (χ0) is 27.0. The maximum atomic E-state index is 13.9. The molecule has 3 aliphatic carbocycles. The highest BCUT2D eigenvalue weighted by molar-refractivity contribution is 6.23. The number of halogens is 2. The monoisotopic (exact) mass is 511 g/mol. The Hall–Kier alpha value is -4.35. The van der Waals surface area contributed by atoms with E-state index in [-0.39, 0.29) is 22.3 Å². The van der Waals surface area contributed by atoms with E-state index in [0.717, 1.165) is 12.1 Å². The molecule has 0 saturated heterocycles. The molecule has 5 rings (SSSR count). The van der Waals surface area contributed by atoms with Crippen LogP contribution in [0.15, 0.2) is 53.3 Å². The van der Waals surface area contributed by atoms with Gasteiger partial charge in [-0.3, -0.25) is 14.4 Å². The van der Waals surface area contributed by atoms with E-state index >= 15 is 0 Å². The van der Waals surface area contributed by atoms with Gasteiger partial charge in [0.2, 0.25) is 5.78 Å². The zero-order valence-corrected chi connectivity index (χ0v) is 18.8. The van der Waals surface area contributed by atoms with E-state index in [4.69, 9.17) is 5.73 Å². The molecule has 0 spiro atoms. The van der Waals surface area contributed by atoms with Crippen molar-refractivity contribution in [2.45, 2.75) is 18.1 Å². The summed E-state index contributed by atoms with van der Waals surface area (Å²) in [5, 5.41) is 55.0. The third kappa shape index (κ3) is 3.31. The summed E-state index contributed by atoms with van der Waals surface area (Å²) >= 11 is 0. The molecule has 0 aromatic heterocycles. The van der Waals surface area contributed by atoms with E-state index in [9.17, 15) is 48.7 Å². The van der Waals surface area contributed by atoms with Gasteiger partial charge in [-0.05, 0) is 34.9 Å². The molecule has 4 atom stereocenters. The number of fused-ring (bicyclic) bond motifs is 3. The molecule has 11 heteroatoms. The Morgan fingerprint density at radius 2 is 1.73 bits per heavy atom. The maximum Gasteiger partial charge on any atom is 0.255 e. The minimum atomic E-state index is -3.00. The van der Waals surface area contributed by atoms with Crippen LogP contribution >= 0.6 is 0 Å². The van der Waals surface area contributed by atoms with Crippen molar-refractivity contribution < 1.29 is 48.7 Å². The second-order valence-electron chi connectivity index (χ2n) is 9.15. The molecule has 1 fully saturated rings. The fraction of sp³-hybridized carbons (Fsp3) is 0.192. The zero-order valence-electron chi connectivity index (χ0n) is 18.8. The number of benzene rings is 2. The Morgan fingerprint density at radius 3 is 2.35 bits per heavy atom. The Balaban J connectivity index is 1.83. The van der Waals surface area contributed by atoms with Gasteiger partial charge in [0, 0.05) is 24.3 Å². The number of aliphatic hydroxyl groups is 4. The average Bonchev–Trinajstić information content (AvgIpc) is 2.80. The van der Waals surface area contributed by atoms with Crippen LogP contribution in [0.3, 0.4) is 0 Å². The van der Waals surface area contributed by atoms with Gasteiger partial charge in [-0.25, -0.2) is 8.78 Å². The van der Waals surface area contributed by atoms with E-state index in [1.165, 1.54) is 24.3 Å². The molecule has 0 aliphatic heterocycles. The topological polar surface area (TPSA) is 178 Å². The van der Waals surface area contributed by atoms with Crippen LogP contribution in [0.5, 0.6) is 5.75 Å². The van der Waals surface area contributed by atoms with Gasteiger partial charge >= 0.3 is 0 Å². The lowest BCUT2D eigenvalue weighted by Gasteiger charge is -2.49. The Morgan fingerprint density at radius 1 is 1.08 bits per heavy atom. The van der Waals surface area contributed by atoms with Crippen molar-refractivity contribution in [3.05, 3.63) is 81.6 Å². The van der Waals surface area contributed by atoms with Crippen LogP contribution in [0.2, 0.25) is 0 Å². The number of phenolic OH excluding ortho intramolecular Hbond substituents is 1. The number of aliphatic hydroxyl groups excluding tert-OH is 3. The molecule has 3 aliphatic rings. The number of nitrogens with two attached hydrogens (primary N) is 1. The van der Waals surface area contributed by atoms with Crippen molar-refractivity contribution >= 4 is 34.9 Å². The normalized spacial score (nSPS) is 28.2. The maximum absolute atomic E-state index is 13.9. The summed E-state index contributed by atoms with van der Waals surface area (Å²) in [7, 11) is 0. The van der Waals surface area contributed by atoms with Gasteiger partial charge in [0.05, 0.1) is 17.2 Å². The van der Waals surface area contributed by atoms with Gasteiger partial charge in [0.1, 0.15) is 34.5 Å². The molecule has 2 aromatic carbocycles. The lowest BCUT2D eigenvalue weighted by molar-refractivity contribution is -0.157. The minimum absolute atomic E-state index is 0.0264. The van der Waals surface area contributed by atoms with Crippen molar-refractivity contribution in [3.8, 4) is 5.75 Å². The second-order valence-corrected chi connectivity index (χ2v) is 9.15. The summed E-state index contributed by atoms with van der Waals surface area (Å²) < 4.78 is 27.9. The van der Waals surface area contributed by atoms with Crippen LogP contribution < -0.4 is 5.73 Å². The highest BCUT2D eigenvalue weighted by atomic mass is 19.1. The summed E-state index contributed by atoms with van der Waals surface area (Å²) in [5.74, 6) is -11.4. The fourth-order valence-electron chi connectivity index (χ4n) is 5.53. The molecular weight excluding hydrogens is 492 g/mol. The van der Waals surface area contributed by atoms with E-state index in [1.54, 1.807) is 0 Å². The quantitative estimate of drug-likeness (QED) is 0.330. The Bertz CT molecular complexity index is 1500. The van der Waals surface area contributed by atoms with Crippen LogP contribution in [0.4, 0.5) is 8.78 Å². The third-order valence-corrected chi connectivity index (χ3v) is 7.11. The summed E-state index contributed by atoms with van der Waals surface area (Å²) in [6.45, 7) is 0. The van der Waals surface area contributed by atoms with Crippen LogP contribution in [0.1, 0.15) is 23.1 Å². The number of hydrogen-bond acceptors (Lipinski definition) is 8. The summed E-state index contributed by atoms with van der Waals surface area (Å²) in [4.78, 5) is 38.1.